The predicted octanol–water partition coefficient (Wildman–Crippen LogP) is 5.85. The van der Waals surface area contributed by atoms with Gasteiger partial charge in [0.15, 0.2) is 0 Å². The van der Waals surface area contributed by atoms with Crippen LogP contribution >= 0.6 is 34.5 Å². The lowest BCUT2D eigenvalue weighted by Crippen LogP contribution is -2.24. The first-order valence-electron chi connectivity index (χ1n) is 7.15. The SMILES string of the molecule is O=C1/C(=N\c2ccc(Cl)c(Cl)c2)c2ccccc2N1c1ccsc1. The Hall–Kier alpha value is -2.14. The number of hydrogen-bond acceptors (Lipinski definition) is 3. The van der Waals surface area contributed by atoms with E-state index in [4.69, 9.17) is 23.2 Å². The van der Waals surface area contributed by atoms with Crippen LogP contribution in [0.4, 0.5) is 17.1 Å². The van der Waals surface area contributed by atoms with E-state index in [-0.39, 0.29) is 5.91 Å². The van der Waals surface area contributed by atoms with Crippen molar-refractivity contribution in [2.75, 3.05) is 4.90 Å². The van der Waals surface area contributed by atoms with Crippen LogP contribution in [0.5, 0.6) is 0 Å². The number of para-hydroxylation sites is 1. The van der Waals surface area contributed by atoms with E-state index in [1.165, 1.54) is 0 Å². The minimum Gasteiger partial charge on any atom is -0.274 e. The van der Waals surface area contributed by atoms with Gasteiger partial charge in [-0.25, -0.2) is 4.99 Å². The van der Waals surface area contributed by atoms with E-state index in [0.717, 1.165) is 16.9 Å². The molecule has 0 fully saturated rings. The van der Waals surface area contributed by atoms with E-state index in [9.17, 15) is 4.79 Å². The molecule has 0 spiro atoms. The molecule has 0 N–H and O–H groups in total. The minimum absolute atomic E-state index is 0.152. The fraction of sp³-hybridized carbons (Fsp3) is 0. The smallest absolute Gasteiger partial charge is 0.274 e. The molecule has 4 rings (SSSR count). The molecule has 6 heteroatoms. The third-order valence-electron chi connectivity index (χ3n) is 3.71. The summed E-state index contributed by atoms with van der Waals surface area (Å²) in [4.78, 5) is 19.2. The lowest BCUT2D eigenvalue weighted by molar-refractivity contribution is -0.111. The zero-order chi connectivity index (χ0) is 16.7. The van der Waals surface area contributed by atoms with Crippen molar-refractivity contribution in [3.05, 3.63) is 74.9 Å². The molecule has 3 nitrogen and oxygen atoms in total. The van der Waals surface area contributed by atoms with Crippen molar-refractivity contribution < 1.29 is 4.79 Å². The van der Waals surface area contributed by atoms with Crippen LogP contribution in [0, 0.1) is 0 Å². The summed E-state index contributed by atoms with van der Waals surface area (Å²) in [5, 5.41) is 4.75. The molecule has 24 heavy (non-hydrogen) atoms. The number of carbonyl (C=O) groups excluding carboxylic acids is 1. The second-order valence-electron chi connectivity index (χ2n) is 5.20. The molecule has 118 valence electrons. The molecule has 1 aliphatic heterocycles. The number of rotatable bonds is 2. The molecule has 0 atom stereocenters. The lowest BCUT2D eigenvalue weighted by Gasteiger charge is -2.14. The summed E-state index contributed by atoms with van der Waals surface area (Å²) in [5.41, 5.74) is 3.47. The van der Waals surface area contributed by atoms with E-state index in [1.807, 2.05) is 41.1 Å². The zero-order valence-corrected chi connectivity index (χ0v) is 14.6. The first kappa shape index (κ1) is 15.4. The second kappa shape index (κ2) is 6.06. The fourth-order valence-electron chi connectivity index (χ4n) is 2.63. The van der Waals surface area contributed by atoms with E-state index < -0.39 is 0 Å². The lowest BCUT2D eigenvalue weighted by atomic mass is 10.1. The molecule has 0 unspecified atom stereocenters. The highest BCUT2D eigenvalue weighted by Gasteiger charge is 2.34. The molecule has 1 amide bonds. The zero-order valence-electron chi connectivity index (χ0n) is 12.2. The number of anilines is 2. The number of nitrogens with zero attached hydrogens (tertiary/aromatic N) is 2. The predicted molar refractivity (Wildman–Crippen MR) is 101 cm³/mol. The van der Waals surface area contributed by atoms with Gasteiger partial charge in [0, 0.05) is 10.9 Å². The number of carbonyl (C=O) groups is 1. The molecule has 0 radical (unpaired) electrons. The van der Waals surface area contributed by atoms with Gasteiger partial charge in [0.1, 0.15) is 5.71 Å². The van der Waals surface area contributed by atoms with Crippen LogP contribution in [-0.4, -0.2) is 11.6 Å². The number of amides is 1. The Morgan fingerprint density at radius 2 is 1.83 bits per heavy atom. The second-order valence-corrected chi connectivity index (χ2v) is 6.79. The standard InChI is InChI=1S/C18H10Cl2N2OS/c19-14-6-5-11(9-15(14)20)21-17-13-3-1-2-4-16(13)22(18(17)23)12-7-8-24-10-12/h1-10H/b21-17-. The van der Waals surface area contributed by atoms with E-state index in [1.54, 1.807) is 34.4 Å². The Labute approximate surface area is 152 Å². The average Bonchev–Trinajstić information content (AvgIpc) is 3.18. The summed E-state index contributed by atoms with van der Waals surface area (Å²) < 4.78 is 0. The maximum Gasteiger partial charge on any atom is 0.282 e. The van der Waals surface area contributed by atoms with Gasteiger partial charge in [-0.3, -0.25) is 9.69 Å². The van der Waals surface area contributed by atoms with Crippen molar-refractivity contribution in [2.24, 2.45) is 4.99 Å². The molecule has 0 saturated carbocycles. The fourth-order valence-corrected chi connectivity index (χ4v) is 3.54. The first-order valence-corrected chi connectivity index (χ1v) is 8.85. The quantitative estimate of drug-likeness (QED) is 0.554. The summed E-state index contributed by atoms with van der Waals surface area (Å²) in [7, 11) is 0. The number of aliphatic imine (C=N–C) groups is 1. The monoisotopic (exact) mass is 372 g/mol. The topological polar surface area (TPSA) is 32.7 Å². The number of hydrogen-bond donors (Lipinski definition) is 0. The molecular formula is C18H10Cl2N2OS. The Morgan fingerprint density at radius 1 is 1.00 bits per heavy atom. The third-order valence-corrected chi connectivity index (χ3v) is 5.12. The maximum atomic E-state index is 13.0. The Balaban J connectivity index is 1.86. The van der Waals surface area contributed by atoms with Crippen molar-refractivity contribution in [1.29, 1.82) is 0 Å². The van der Waals surface area contributed by atoms with Crippen LogP contribution in [0.3, 0.4) is 0 Å². The highest BCUT2D eigenvalue weighted by Crippen LogP contribution is 2.37. The van der Waals surface area contributed by atoms with Crippen molar-refractivity contribution in [3.8, 4) is 0 Å². The van der Waals surface area contributed by atoms with Gasteiger partial charge in [0.2, 0.25) is 0 Å². The molecule has 2 heterocycles. The summed E-state index contributed by atoms with van der Waals surface area (Å²) in [5.74, 6) is -0.152. The van der Waals surface area contributed by atoms with Gasteiger partial charge in [-0.2, -0.15) is 11.3 Å². The van der Waals surface area contributed by atoms with Gasteiger partial charge < -0.3 is 0 Å². The third kappa shape index (κ3) is 2.53. The largest absolute Gasteiger partial charge is 0.282 e. The normalized spacial score (nSPS) is 15.2. The average molecular weight is 373 g/mol. The van der Waals surface area contributed by atoms with Gasteiger partial charge in [-0.05, 0) is 35.7 Å². The summed E-state index contributed by atoms with van der Waals surface area (Å²) in [6.45, 7) is 0. The number of halogens is 2. The van der Waals surface area contributed by atoms with E-state index >= 15 is 0 Å². The maximum absolute atomic E-state index is 13.0. The van der Waals surface area contributed by atoms with Crippen molar-refractivity contribution >= 4 is 63.2 Å². The van der Waals surface area contributed by atoms with Crippen LogP contribution in [-0.2, 0) is 4.79 Å². The van der Waals surface area contributed by atoms with Crippen molar-refractivity contribution in [1.82, 2.24) is 0 Å². The molecule has 0 saturated heterocycles. The van der Waals surface area contributed by atoms with Crippen LogP contribution in [0.1, 0.15) is 5.56 Å². The Kier molecular flexibility index (Phi) is 3.88. The Bertz CT molecular complexity index is 967. The minimum atomic E-state index is -0.152. The van der Waals surface area contributed by atoms with Crippen LogP contribution in [0.25, 0.3) is 0 Å². The van der Waals surface area contributed by atoms with Gasteiger partial charge >= 0.3 is 0 Å². The van der Waals surface area contributed by atoms with Crippen LogP contribution < -0.4 is 4.90 Å². The Morgan fingerprint density at radius 3 is 2.58 bits per heavy atom. The van der Waals surface area contributed by atoms with Crippen molar-refractivity contribution in [2.45, 2.75) is 0 Å². The van der Waals surface area contributed by atoms with Crippen LogP contribution in [0.2, 0.25) is 10.0 Å². The van der Waals surface area contributed by atoms with Gasteiger partial charge in [0.25, 0.3) is 5.91 Å². The number of thiophene rings is 1. The molecule has 3 aromatic rings. The van der Waals surface area contributed by atoms with Gasteiger partial charge in [0.05, 0.1) is 27.1 Å². The van der Waals surface area contributed by atoms with Crippen molar-refractivity contribution in [3.63, 3.8) is 0 Å². The van der Waals surface area contributed by atoms with Crippen LogP contribution in [0.15, 0.2) is 64.3 Å². The molecule has 0 aliphatic carbocycles. The molecular weight excluding hydrogens is 363 g/mol. The summed E-state index contributed by atoms with van der Waals surface area (Å²) in [6, 6.07) is 14.6. The summed E-state index contributed by atoms with van der Waals surface area (Å²) in [6.07, 6.45) is 0. The highest BCUT2D eigenvalue weighted by atomic mass is 35.5. The van der Waals surface area contributed by atoms with Gasteiger partial charge in [-0.1, -0.05) is 41.4 Å². The molecule has 0 bridgehead atoms. The van der Waals surface area contributed by atoms with E-state index in [0.29, 0.717) is 21.4 Å². The highest BCUT2D eigenvalue weighted by molar-refractivity contribution is 7.08. The summed E-state index contributed by atoms with van der Waals surface area (Å²) >= 11 is 13.5. The molecule has 2 aromatic carbocycles. The number of fused-ring (bicyclic) bond motifs is 1. The molecule has 1 aromatic heterocycles. The molecule has 1 aliphatic rings. The first-order chi connectivity index (χ1) is 11.6. The number of benzene rings is 2. The van der Waals surface area contributed by atoms with E-state index in [2.05, 4.69) is 4.99 Å². The van der Waals surface area contributed by atoms with Gasteiger partial charge in [-0.15, -0.1) is 0 Å².